The van der Waals surface area contributed by atoms with Gasteiger partial charge in [0.05, 0.1) is 6.61 Å². The van der Waals surface area contributed by atoms with Crippen molar-refractivity contribution in [3.63, 3.8) is 0 Å². The summed E-state index contributed by atoms with van der Waals surface area (Å²) in [5.41, 5.74) is 2.15. The summed E-state index contributed by atoms with van der Waals surface area (Å²) in [6.07, 6.45) is 3.12. The van der Waals surface area contributed by atoms with Crippen LogP contribution in [0, 0.1) is 0 Å². The van der Waals surface area contributed by atoms with Gasteiger partial charge in [0.2, 0.25) is 0 Å². The van der Waals surface area contributed by atoms with E-state index in [0.29, 0.717) is 13.2 Å². The number of unbranched alkanes of at least 4 members (excludes halogenated alkanes) is 1. The number of carbonyl (C=O) groups excluding carboxylic acids is 1. The molecule has 1 aliphatic rings. The fourth-order valence-corrected chi connectivity index (χ4v) is 2.09. The molecule has 2 rings (SSSR count). The minimum atomic E-state index is -0.381. The SMILES string of the molecule is CCCCc1ccc(NC(=O)C2CNCCO2)cc1.Cl. The van der Waals surface area contributed by atoms with Crippen LogP contribution < -0.4 is 10.6 Å². The summed E-state index contributed by atoms with van der Waals surface area (Å²) in [5.74, 6) is -0.0755. The number of aryl methyl sites for hydroxylation is 1. The van der Waals surface area contributed by atoms with E-state index in [4.69, 9.17) is 4.74 Å². The summed E-state index contributed by atoms with van der Waals surface area (Å²) in [4.78, 5) is 11.9. The van der Waals surface area contributed by atoms with E-state index >= 15 is 0 Å². The van der Waals surface area contributed by atoms with Crippen LogP contribution >= 0.6 is 12.4 Å². The molecule has 1 amide bonds. The predicted molar refractivity (Wildman–Crippen MR) is 83.5 cm³/mol. The highest BCUT2D eigenvalue weighted by atomic mass is 35.5. The summed E-state index contributed by atoms with van der Waals surface area (Å²) < 4.78 is 5.41. The first-order valence-corrected chi connectivity index (χ1v) is 7.01. The lowest BCUT2D eigenvalue weighted by Gasteiger charge is -2.22. The summed E-state index contributed by atoms with van der Waals surface area (Å²) in [6.45, 7) is 4.18. The highest BCUT2D eigenvalue weighted by Gasteiger charge is 2.21. The van der Waals surface area contributed by atoms with Crippen molar-refractivity contribution in [1.82, 2.24) is 5.32 Å². The molecule has 112 valence electrons. The van der Waals surface area contributed by atoms with Gasteiger partial charge in [-0.15, -0.1) is 12.4 Å². The van der Waals surface area contributed by atoms with Crippen molar-refractivity contribution in [1.29, 1.82) is 0 Å². The first-order chi connectivity index (χ1) is 9.29. The highest BCUT2D eigenvalue weighted by Crippen LogP contribution is 2.12. The molecule has 1 unspecified atom stereocenters. The van der Waals surface area contributed by atoms with Crippen molar-refractivity contribution in [2.45, 2.75) is 32.3 Å². The topological polar surface area (TPSA) is 50.4 Å². The number of carbonyl (C=O) groups is 1. The van der Waals surface area contributed by atoms with Crippen LogP contribution in [0.1, 0.15) is 25.3 Å². The maximum absolute atomic E-state index is 11.9. The molecule has 0 radical (unpaired) electrons. The summed E-state index contributed by atoms with van der Waals surface area (Å²) >= 11 is 0. The molecule has 0 saturated carbocycles. The molecule has 1 heterocycles. The molecule has 0 aliphatic carbocycles. The van der Waals surface area contributed by atoms with Gasteiger partial charge in [-0.1, -0.05) is 25.5 Å². The molecule has 1 aromatic carbocycles. The van der Waals surface area contributed by atoms with Crippen molar-refractivity contribution in [2.75, 3.05) is 25.0 Å². The molecule has 1 aliphatic heterocycles. The van der Waals surface area contributed by atoms with E-state index < -0.39 is 0 Å². The maximum Gasteiger partial charge on any atom is 0.254 e. The normalized spacial score (nSPS) is 18.1. The Hall–Kier alpha value is -1.10. The molecular formula is C15H23ClN2O2. The Bertz CT molecular complexity index is 403. The number of rotatable bonds is 5. The third-order valence-corrected chi connectivity index (χ3v) is 3.26. The van der Waals surface area contributed by atoms with Gasteiger partial charge >= 0.3 is 0 Å². The number of anilines is 1. The van der Waals surface area contributed by atoms with Crippen molar-refractivity contribution in [3.8, 4) is 0 Å². The molecule has 0 bridgehead atoms. The van der Waals surface area contributed by atoms with Crippen molar-refractivity contribution in [3.05, 3.63) is 29.8 Å². The van der Waals surface area contributed by atoms with Crippen molar-refractivity contribution >= 4 is 24.0 Å². The number of nitrogens with one attached hydrogen (secondary N) is 2. The largest absolute Gasteiger partial charge is 0.366 e. The number of ether oxygens (including phenoxy) is 1. The molecule has 1 fully saturated rings. The Kier molecular flexibility index (Phi) is 7.59. The molecule has 1 aromatic rings. The van der Waals surface area contributed by atoms with Crippen LogP contribution in [0.3, 0.4) is 0 Å². The number of amides is 1. The zero-order valence-electron chi connectivity index (χ0n) is 11.9. The zero-order valence-corrected chi connectivity index (χ0v) is 12.7. The first-order valence-electron chi connectivity index (χ1n) is 7.01. The second kappa shape index (κ2) is 8.95. The van der Waals surface area contributed by atoms with Gasteiger partial charge in [-0.2, -0.15) is 0 Å². The van der Waals surface area contributed by atoms with E-state index in [0.717, 1.165) is 18.7 Å². The Balaban J connectivity index is 0.00000200. The van der Waals surface area contributed by atoms with Gasteiger partial charge in [0, 0.05) is 18.8 Å². The van der Waals surface area contributed by atoms with Gasteiger partial charge in [-0.25, -0.2) is 0 Å². The standard InChI is InChI=1S/C15H22N2O2.ClH/c1-2-3-4-12-5-7-13(8-6-12)17-15(18)14-11-16-9-10-19-14;/h5-8,14,16H,2-4,9-11H2,1H3,(H,17,18);1H. The highest BCUT2D eigenvalue weighted by molar-refractivity contribution is 5.94. The molecule has 20 heavy (non-hydrogen) atoms. The number of hydrogen-bond acceptors (Lipinski definition) is 3. The fraction of sp³-hybridized carbons (Fsp3) is 0.533. The number of halogens is 1. The second-order valence-corrected chi connectivity index (χ2v) is 4.85. The smallest absolute Gasteiger partial charge is 0.254 e. The van der Waals surface area contributed by atoms with Crippen LogP contribution in [0.15, 0.2) is 24.3 Å². The van der Waals surface area contributed by atoms with E-state index in [9.17, 15) is 4.79 Å². The Morgan fingerprint density at radius 3 is 2.75 bits per heavy atom. The molecule has 1 atom stereocenters. The third kappa shape index (κ3) is 5.12. The molecule has 4 nitrogen and oxygen atoms in total. The van der Waals surface area contributed by atoms with Crippen LogP contribution in [0.25, 0.3) is 0 Å². The van der Waals surface area contributed by atoms with Crippen LogP contribution in [-0.4, -0.2) is 31.7 Å². The summed E-state index contributed by atoms with van der Waals surface area (Å²) in [7, 11) is 0. The average Bonchev–Trinajstić information content (AvgIpc) is 2.47. The summed E-state index contributed by atoms with van der Waals surface area (Å²) in [6, 6.07) is 8.06. The Morgan fingerprint density at radius 2 is 2.15 bits per heavy atom. The minimum Gasteiger partial charge on any atom is -0.366 e. The lowest BCUT2D eigenvalue weighted by Crippen LogP contribution is -2.45. The molecule has 0 aromatic heterocycles. The van der Waals surface area contributed by atoms with Crippen LogP contribution in [0.4, 0.5) is 5.69 Å². The van der Waals surface area contributed by atoms with Crippen LogP contribution in [0.5, 0.6) is 0 Å². The zero-order chi connectivity index (χ0) is 13.5. The monoisotopic (exact) mass is 298 g/mol. The number of benzene rings is 1. The van der Waals surface area contributed by atoms with Gasteiger partial charge in [-0.3, -0.25) is 4.79 Å². The van der Waals surface area contributed by atoms with Crippen LogP contribution in [-0.2, 0) is 16.0 Å². The van der Waals surface area contributed by atoms with Gasteiger partial charge in [0.1, 0.15) is 6.10 Å². The first kappa shape index (κ1) is 17.0. The lowest BCUT2D eigenvalue weighted by atomic mass is 10.1. The third-order valence-electron chi connectivity index (χ3n) is 3.26. The lowest BCUT2D eigenvalue weighted by molar-refractivity contribution is -0.128. The fourth-order valence-electron chi connectivity index (χ4n) is 2.09. The van der Waals surface area contributed by atoms with Gasteiger partial charge in [0.15, 0.2) is 0 Å². The van der Waals surface area contributed by atoms with E-state index in [-0.39, 0.29) is 24.4 Å². The van der Waals surface area contributed by atoms with E-state index in [1.807, 2.05) is 12.1 Å². The Morgan fingerprint density at radius 1 is 1.40 bits per heavy atom. The average molecular weight is 299 g/mol. The Labute approximate surface area is 126 Å². The van der Waals surface area contributed by atoms with Crippen molar-refractivity contribution in [2.24, 2.45) is 0 Å². The maximum atomic E-state index is 11.9. The molecule has 1 saturated heterocycles. The quantitative estimate of drug-likeness (QED) is 0.877. The number of morpholine rings is 1. The predicted octanol–water partition coefficient (Wildman–Crippen LogP) is 2.38. The molecule has 5 heteroatoms. The molecule has 0 spiro atoms. The number of hydrogen-bond donors (Lipinski definition) is 2. The van der Waals surface area contributed by atoms with Gasteiger partial charge in [0.25, 0.3) is 5.91 Å². The molecular weight excluding hydrogens is 276 g/mol. The van der Waals surface area contributed by atoms with E-state index in [1.54, 1.807) is 0 Å². The van der Waals surface area contributed by atoms with Crippen LogP contribution in [0.2, 0.25) is 0 Å². The van der Waals surface area contributed by atoms with Gasteiger partial charge in [-0.05, 0) is 30.5 Å². The second-order valence-electron chi connectivity index (χ2n) is 4.85. The van der Waals surface area contributed by atoms with E-state index in [1.165, 1.54) is 18.4 Å². The van der Waals surface area contributed by atoms with Crippen molar-refractivity contribution < 1.29 is 9.53 Å². The minimum absolute atomic E-state index is 0. The molecule has 2 N–H and O–H groups in total. The summed E-state index contributed by atoms with van der Waals surface area (Å²) in [5, 5.41) is 6.04. The van der Waals surface area contributed by atoms with E-state index in [2.05, 4.69) is 29.7 Å². The van der Waals surface area contributed by atoms with Gasteiger partial charge < -0.3 is 15.4 Å².